The smallest absolute Gasteiger partial charge is 0.154 e. The molecule has 3 aromatic heterocycles. The minimum absolute atomic E-state index is 0.590. The Morgan fingerprint density at radius 1 is 1.08 bits per heavy atom. The van der Waals surface area contributed by atoms with Crippen molar-refractivity contribution in [3.05, 3.63) is 66.8 Å². The summed E-state index contributed by atoms with van der Waals surface area (Å²) < 4.78 is 7.19. The van der Waals surface area contributed by atoms with Crippen molar-refractivity contribution in [3.8, 4) is 11.3 Å². The third-order valence-electron chi connectivity index (χ3n) is 4.07. The van der Waals surface area contributed by atoms with Crippen LogP contribution in [-0.2, 0) is 6.54 Å². The summed E-state index contributed by atoms with van der Waals surface area (Å²) in [4.78, 5) is 6.52. The van der Waals surface area contributed by atoms with Gasteiger partial charge < -0.3 is 14.6 Å². The average Bonchev–Trinajstić information content (AvgIpc) is 3.29. The van der Waals surface area contributed by atoms with E-state index in [4.69, 9.17) is 4.42 Å². The second-order valence-electron chi connectivity index (χ2n) is 6.01. The molecule has 6 nitrogen and oxygen atoms in total. The van der Waals surface area contributed by atoms with Crippen LogP contribution < -0.4 is 10.2 Å². The minimum atomic E-state index is 0.590. The molecular weight excluding hydrogens is 314 g/mol. The van der Waals surface area contributed by atoms with Crippen molar-refractivity contribution in [2.45, 2.75) is 6.54 Å². The van der Waals surface area contributed by atoms with Gasteiger partial charge in [0.1, 0.15) is 11.6 Å². The summed E-state index contributed by atoms with van der Waals surface area (Å²) in [6.45, 7) is 0.590. The monoisotopic (exact) mass is 333 g/mol. The Labute approximate surface area is 145 Å². The van der Waals surface area contributed by atoms with Gasteiger partial charge in [-0.25, -0.2) is 9.50 Å². The van der Waals surface area contributed by atoms with E-state index >= 15 is 0 Å². The second kappa shape index (κ2) is 6.32. The van der Waals surface area contributed by atoms with Crippen molar-refractivity contribution in [1.29, 1.82) is 0 Å². The molecule has 0 atom stereocenters. The molecule has 0 amide bonds. The zero-order valence-corrected chi connectivity index (χ0v) is 14.2. The van der Waals surface area contributed by atoms with Crippen molar-refractivity contribution in [2.24, 2.45) is 0 Å². The van der Waals surface area contributed by atoms with Gasteiger partial charge in [-0.1, -0.05) is 12.1 Å². The van der Waals surface area contributed by atoms with Crippen LogP contribution in [0.5, 0.6) is 0 Å². The lowest BCUT2D eigenvalue weighted by Gasteiger charge is -2.12. The number of nitrogens with zero attached hydrogens (tertiary/aromatic N) is 4. The van der Waals surface area contributed by atoms with Crippen molar-refractivity contribution in [1.82, 2.24) is 14.6 Å². The van der Waals surface area contributed by atoms with Gasteiger partial charge >= 0.3 is 0 Å². The largest absolute Gasteiger partial charge is 0.467 e. The lowest BCUT2D eigenvalue weighted by atomic mass is 10.1. The molecule has 0 fully saturated rings. The van der Waals surface area contributed by atoms with E-state index < -0.39 is 0 Å². The van der Waals surface area contributed by atoms with Crippen LogP contribution in [0.3, 0.4) is 0 Å². The lowest BCUT2D eigenvalue weighted by Crippen LogP contribution is -2.08. The fourth-order valence-corrected chi connectivity index (χ4v) is 2.69. The Morgan fingerprint density at radius 2 is 1.92 bits per heavy atom. The molecule has 3 heterocycles. The van der Waals surface area contributed by atoms with Gasteiger partial charge in [-0.05, 0) is 36.4 Å². The second-order valence-corrected chi connectivity index (χ2v) is 6.01. The molecule has 1 N–H and O–H groups in total. The summed E-state index contributed by atoms with van der Waals surface area (Å²) in [5.41, 5.74) is 4.01. The number of hydrogen-bond donors (Lipinski definition) is 1. The topological polar surface area (TPSA) is 58.6 Å². The van der Waals surface area contributed by atoms with Crippen molar-refractivity contribution in [2.75, 3.05) is 24.3 Å². The van der Waals surface area contributed by atoms with E-state index in [1.165, 1.54) is 0 Å². The Kier molecular flexibility index (Phi) is 3.85. The minimum Gasteiger partial charge on any atom is -0.467 e. The molecule has 0 unspecified atom stereocenters. The van der Waals surface area contributed by atoms with E-state index in [1.807, 2.05) is 49.1 Å². The van der Waals surface area contributed by atoms with Crippen LogP contribution in [-0.4, -0.2) is 28.7 Å². The first-order chi connectivity index (χ1) is 12.2. The Hall–Kier alpha value is -3.28. The van der Waals surface area contributed by atoms with Crippen LogP contribution in [0.4, 0.5) is 11.5 Å². The highest BCUT2D eigenvalue weighted by Gasteiger charge is 2.09. The summed E-state index contributed by atoms with van der Waals surface area (Å²) in [5, 5.41) is 7.93. The van der Waals surface area contributed by atoms with E-state index in [0.717, 1.165) is 34.2 Å². The predicted molar refractivity (Wildman–Crippen MR) is 98.8 cm³/mol. The molecule has 25 heavy (non-hydrogen) atoms. The molecule has 0 aliphatic carbocycles. The number of benzene rings is 1. The van der Waals surface area contributed by atoms with Gasteiger partial charge in [0.25, 0.3) is 0 Å². The normalized spacial score (nSPS) is 11.0. The van der Waals surface area contributed by atoms with Gasteiger partial charge in [0, 0.05) is 25.3 Å². The predicted octanol–water partition coefficient (Wildman–Crippen LogP) is 3.67. The Morgan fingerprint density at radius 3 is 2.64 bits per heavy atom. The van der Waals surface area contributed by atoms with Gasteiger partial charge in [0.15, 0.2) is 5.65 Å². The average molecular weight is 333 g/mol. The maximum atomic E-state index is 5.34. The number of furan rings is 1. The maximum Gasteiger partial charge on any atom is 0.154 e. The van der Waals surface area contributed by atoms with E-state index in [9.17, 15) is 0 Å². The molecule has 4 aromatic rings. The highest BCUT2D eigenvalue weighted by molar-refractivity contribution is 5.66. The van der Waals surface area contributed by atoms with Crippen molar-refractivity contribution in [3.63, 3.8) is 0 Å². The standard InChI is InChI=1S/C19H19N5O/c1-23(2)15-7-5-14(6-8-15)17-13-21-19-10-9-18(22-24(17)19)20-12-16-4-3-11-25-16/h3-11,13H,12H2,1-2H3,(H,20,22). The van der Waals surface area contributed by atoms with E-state index in [0.29, 0.717) is 6.54 Å². The summed E-state index contributed by atoms with van der Waals surface area (Å²) in [5.74, 6) is 1.64. The number of imidazole rings is 1. The van der Waals surface area contributed by atoms with Gasteiger partial charge in [-0.3, -0.25) is 0 Å². The van der Waals surface area contributed by atoms with Crippen molar-refractivity contribution >= 4 is 17.2 Å². The summed E-state index contributed by atoms with van der Waals surface area (Å²) >= 11 is 0. The van der Waals surface area contributed by atoms with Crippen LogP contribution in [0.2, 0.25) is 0 Å². The molecule has 0 radical (unpaired) electrons. The number of aromatic nitrogens is 3. The highest BCUT2D eigenvalue weighted by atomic mass is 16.3. The fourth-order valence-electron chi connectivity index (χ4n) is 2.69. The van der Waals surface area contributed by atoms with E-state index in [2.05, 4.69) is 44.6 Å². The summed E-state index contributed by atoms with van der Waals surface area (Å²) in [7, 11) is 4.06. The molecule has 0 saturated carbocycles. The number of rotatable bonds is 5. The van der Waals surface area contributed by atoms with Gasteiger partial charge in [-0.2, -0.15) is 0 Å². The first kappa shape index (κ1) is 15.3. The lowest BCUT2D eigenvalue weighted by molar-refractivity contribution is 0.517. The Bertz CT molecular complexity index is 971. The first-order valence-electron chi connectivity index (χ1n) is 8.09. The molecule has 4 rings (SSSR count). The molecular formula is C19H19N5O. The van der Waals surface area contributed by atoms with Gasteiger partial charge in [0.2, 0.25) is 0 Å². The number of hydrogen-bond acceptors (Lipinski definition) is 5. The zero-order chi connectivity index (χ0) is 17.2. The van der Waals surface area contributed by atoms with Gasteiger partial charge in [-0.15, -0.1) is 5.10 Å². The molecule has 126 valence electrons. The molecule has 0 spiro atoms. The molecule has 0 saturated heterocycles. The Balaban J connectivity index is 1.64. The summed E-state index contributed by atoms with van der Waals surface area (Å²) in [6, 6.07) is 16.0. The number of nitrogens with one attached hydrogen (secondary N) is 1. The molecule has 0 bridgehead atoms. The molecule has 1 aromatic carbocycles. The van der Waals surface area contributed by atoms with Crippen LogP contribution >= 0.6 is 0 Å². The number of anilines is 2. The quantitative estimate of drug-likeness (QED) is 0.604. The SMILES string of the molecule is CN(C)c1ccc(-c2cnc3ccc(NCc4ccco4)nn23)cc1. The summed E-state index contributed by atoms with van der Waals surface area (Å²) in [6.07, 6.45) is 3.52. The van der Waals surface area contributed by atoms with Crippen LogP contribution in [0, 0.1) is 0 Å². The van der Waals surface area contributed by atoms with Crippen LogP contribution in [0.25, 0.3) is 16.9 Å². The maximum absolute atomic E-state index is 5.34. The van der Waals surface area contributed by atoms with Crippen LogP contribution in [0.1, 0.15) is 5.76 Å². The van der Waals surface area contributed by atoms with Crippen LogP contribution in [0.15, 0.2) is 65.4 Å². The molecule has 0 aliphatic rings. The van der Waals surface area contributed by atoms with Gasteiger partial charge in [0.05, 0.1) is 24.7 Å². The third-order valence-corrected chi connectivity index (χ3v) is 4.07. The number of fused-ring (bicyclic) bond motifs is 1. The fraction of sp³-hybridized carbons (Fsp3) is 0.158. The highest BCUT2D eigenvalue weighted by Crippen LogP contribution is 2.23. The molecule has 6 heteroatoms. The third kappa shape index (κ3) is 3.06. The first-order valence-corrected chi connectivity index (χ1v) is 8.09. The van der Waals surface area contributed by atoms with Crippen molar-refractivity contribution < 1.29 is 4.42 Å². The molecule has 0 aliphatic heterocycles. The van der Waals surface area contributed by atoms with E-state index in [1.54, 1.807) is 6.26 Å². The zero-order valence-electron chi connectivity index (χ0n) is 14.2. The van der Waals surface area contributed by atoms with E-state index in [-0.39, 0.29) is 0 Å².